The van der Waals surface area contributed by atoms with E-state index in [0.29, 0.717) is 33.4 Å². The summed E-state index contributed by atoms with van der Waals surface area (Å²) in [6, 6.07) is 9.37. The van der Waals surface area contributed by atoms with Crippen molar-refractivity contribution in [3.63, 3.8) is 0 Å². The number of hydrogen-bond donors (Lipinski definition) is 1. The van der Waals surface area contributed by atoms with E-state index in [1.54, 1.807) is 29.8 Å². The maximum Gasteiger partial charge on any atom is 0.416 e. The normalized spacial score (nSPS) is 12.6. The van der Waals surface area contributed by atoms with Crippen LogP contribution in [0.5, 0.6) is 0 Å². The van der Waals surface area contributed by atoms with Crippen molar-refractivity contribution < 1.29 is 27.5 Å². The zero-order chi connectivity index (χ0) is 26.6. The van der Waals surface area contributed by atoms with Crippen molar-refractivity contribution in [2.24, 2.45) is 0 Å². The third-order valence-corrected chi connectivity index (χ3v) is 6.02. The van der Waals surface area contributed by atoms with Gasteiger partial charge in [-0.25, -0.2) is 4.79 Å². The number of alkyl halides is 3. The predicted molar refractivity (Wildman–Crippen MR) is 132 cm³/mol. The first kappa shape index (κ1) is 27.3. The highest BCUT2D eigenvalue weighted by molar-refractivity contribution is 6.36. The average molecular weight is 540 g/mol. The largest absolute Gasteiger partial charge is 0.449 e. The summed E-state index contributed by atoms with van der Waals surface area (Å²) >= 11 is 12.5. The molecule has 3 aromatic rings. The van der Waals surface area contributed by atoms with E-state index in [1.165, 1.54) is 25.1 Å². The smallest absolute Gasteiger partial charge is 0.416 e. The van der Waals surface area contributed by atoms with Gasteiger partial charge in [0, 0.05) is 38.6 Å². The molecule has 1 amide bonds. The Hall–Kier alpha value is -3.30. The molecule has 1 N–H and O–H groups in total. The topological polar surface area (TPSA) is 73.2 Å². The van der Waals surface area contributed by atoms with E-state index in [9.17, 15) is 22.8 Å². The second kappa shape index (κ2) is 11.2. The number of carbonyl (C=O) groups excluding carboxylic acids is 2. The predicted octanol–water partition coefficient (Wildman–Crippen LogP) is 6.46. The van der Waals surface area contributed by atoms with Crippen molar-refractivity contribution in [1.82, 2.24) is 9.78 Å². The Balaban J connectivity index is 1.64. The summed E-state index contributed by atoms with van der Waals surface area (Å²) in [6.45, 7) is 5.24. The number of halogens is 5. The molecule has 2 aromatic carbocycles. The molecule has 0 saturated carbocycles. The number of amides is 1. The molecular weight excluding hydrogens is 518 g/mol. The summed E-state index contributed by atoms with van der Waals surface area (Å²) in [6.07, 6.45) is -3.13. The van der Waals surface area contributed by atoms with Gasteiger partial charge in [-0.05, 0) is 57.2 Å². The van der Waals surface area contributed by atoms with Gasteiger partial charge in [0.05, 0.1) is 17.8 Å². The average Bonchev–Trinajstić information content (AvgIpc) is 3.06. The molecule has 0 aliphatic carbocycles. The van der Waals surface area contributed by atoms with E-state index < -0.39 is 29.7 Å². The lowest BCUT2D eigenvalue weighted by molar-refractivity contribution is -0.148. The lowest BCUT2D eigenvalue weighted by Gasteiger charge is -2.13. The van der Waals surface area contributed by atoms with Crippen LogP contribution < -0.4 is 5.32 Å². The number of nitrogens with zero attached hydrogens (tertiary/aromatic N) is 2. The fourth-order valence-corrected chi connectivity index (χ4v) is 3.89. The number of nitrogens with one attached hydrogen (secondary N) is 1. The van der Waals surface area contributed by atoms with Crippen molar-refractivity contribution in [2.75, 3.05) is 5.32 Å². The van der Waals surface area contributed by atoms with E-state index in [2.05, 4.69) is 10.4 Å². The Kier molecular flexibility index (Phi) is 8.47. The van der Waals surface area contributed by atoms with Crippen LogP contribution >= 0.6 is 23.2 Å². The van der Waals surface area contributed by atoms with Crippen LogP contribution in [0.1, 0.15) is 35.0 Å². The highest BCUT2D eigenvalue weighted by atomic mass is 35.5. The molecule has 1 atom stereocenters. The number of ether oxygens (including phenoxy) is 1. The van der Waals surface area contributed by atoms with Crippen molar-refractivity contribution in [3.05, 3.63) is 86.7 Å². The third-order valence-electron chi connectivity index (χ3n) is 5.31. The fraction of sp³-hybridized carbons (Fsp3) is 0.240. The molecule has 0 aliphatic rings. The van der Waals surface area contributed by atoms with Crippen molar-refractivity contribution in [3.8, 4) is 0 Å². The summed E-state index contributed by atoms with van der Waals surface area (Å²) in [5.41, 5.74) is 1.82. The minimum absolute atomic E-state index is 0.0643. The van der Waals surface area contributed by atoms with E-state index in [-0.39, 0.29) is 5.69 Å². The molecule has 0 fully saturated rings. The van der Waals surface area contributed by atoms with E-state index in [1.807, 2.05) is 6.92 Å². The summed E-state index contributed by atoms with van der Waals surface area (Å²) < 4.78 is 45.4. The summed E-state index contributed by atoms with van der Waals surface area (Å²) in [5, 5.41) is 7.80. The van der Waals surface area contributed by atoms with Crippen molar-refractivity contribution in [2.45, 2.75) is 39.6 Å². The van der Waals surface area contributed by atoms with Crippen LogP contribution in [0.4, 0.5) is 18.9 Å². The molecule has 1 aromatic heterocycles. The van der Waals surface area contributed by atoms with E-state index in [0.717, 1.165) is 23.9 Å². The number of benzene rings is 2. The number of aromatic nitrogens is 2. The van der Waals surface area contributed by atoms with Gasteiger partial charge in [0.2, 0.25) is 0 Å². The van der Waals surface area contributed by atoms with Crippen LogP contribution in [0.25, 0.3) is 6.08 Å². The quantitative estimate of drug-likeness (QED) is 0.276. The minimum Gasteiger partial charge on any atom is -0.449 e. The van der Waals surface area contributed by atoms with Crippen LogP contribution in [-0.2, 0) is 27.0 Å². The SMILES string of the molecule is Cc1nn(Cc2c(Cl)cccc2Cl)c(C)c1/C=C/C(=O)O[C@H](C)C(=O)Nc1cccc(C(F)(F)F)c1. The highest BCUT2D eigenvalue weighted by Gasteiger charge is 2.30. The number of aryl methyl sites for hydroxylation is 1. The molecule has 0 unspecified atom stereocenters. The number of hydrogen-bond acceptors (Lipinski definition) is 4. The maximum atomic E-state index is 12.9. The van der Waals surface area contributed by atoms with Crippen molar-refractivity contribution >= 4 is 46.8 Å². The van der Waals surface area contributed by atoms with Gasteiger partial charge in [-0.15, -0.1) is 0 Å². The summed E-state index contributed by atoms with van der Waals surface area (Å²) in [7, 11) is 0. The first-order valence-corrected chi connectivity index (χ1v) is 11.5. The van der Waals surface area contributed by atoms with Gasteiger partial charge in [-0.2, -0.15) is 18.3 Å². The first-order valence-electron chi connectivity index (χ1n) is 10.7. The van der Waals surface area contributed by atoms with Crippen LogP contribution in [0.2, 0.25) is 10.0 Å². The van der Waals surface area contributed by atoms with Gasteiger partial charge in [0.1, 0.15) is 0 Å². The number of carbonyl (C=O) groups is 2. The molecule has 0 radical (unpaired) electrons. The molecule has 0 aliphatic heterocycles. The lowest BCUT2D eigenvalue weighted by Crippen LogP contribution is -2.29. The Morgan fingerprint density at radius 1 is 1.14 bits per heavy atom. The van der Waals surface area contributed by atoms with Gasteiger partial charge in [0.15, 0.2) is 6.10 Å². The first-order chi connectivity index (χ1) is 16.9. The number of esters is 1. The number of anilines is 1. The second-order valence-corrected chi connectivity index (χ2v) is 8.74. The molecule has 6 nitrogen and oxygen atoms in total. The Bertz CT molecular complexity index is 1300. The molecule has 11 heteroatoms. The zero-order valence-electron chi connectivity index (χ0n) is 19.5. The summed E-state index contributed by atoms with van der Waals surface area (Å²) in [4.78, 5) is 24.6. The van der Waals surface area contributed by atoms with Gasteiger partial charge >= 0.3 is 12.1 Å². The number of rotatable bonds is 7. The molecule has 36 heavy (non-hydrogen) atoms. The van der Waals surface area contributed by atoms with Gasteiger partial charge in [0.25, 0.3) is 5.91 Å². The Morgan fingerprint density at radius 3 is 2.42 bits per heavy atom. The monoisotopic (exact) mass is 539 g/mol. The highest BCUT2D eigenvalue weighted by Crippen LogP contribution is 2.31. The van der Waals surface area contributed by atoms with E-state index >= 15 is 0 Å². The van der Waals surface area contributed by atoms with Gasteiger partial charge in [-0.1, -0.05) is 35.3 Å². The molecule has 190 valence electrons. The standard InChI is InChI=1S/C25H22Cl2F3N3O3/c1-14-19(15(2)33(32-14)13-20-21(26)8-5-9-22(20)27)10-11-23(34)36-16(3)24(35)31-18-7-4-6-17(12-18)25(28,29)30/h4-12,16H,13H2,1-3H3,(H,31,35)/b11-10+/t16-/m1/s1. The molecule has 0 bridgehead atoms. The molecule has 3 rings (SSSR count). The molecule has 0 spiro atoms. The zero-order valence-corrected chi connectivity index (χ0v) is 21.0. The summed E-state index contributed by atoms with van der Waals surface area (Å²) in [5.74, 6) is -1.57. The fourth-order valence-electron chi connectivity index (χ4n) is 3.37. The lowest BCUT2D eigenvalue weighted by atomic mass is 10.1. The van der Waals surface area contributed by atoms with Crippen LogP contribution in [-0.4, -0.2) is 27.8 Å². The van der Waals surface area contributed by atoms with Gasteiger partial charge in [-0.3, -0.25) is 9.48 Å². The molecule has 0 saturated heterocycles. The van der Waals surface area contributed by atoms with Gasteiger partial charge < -0.3 is 10.1 Å². The Morgan fingerprint density at radius 2 is 1.78 bits per heavy atom. The third kappa shape index (κ3) is 6.67. The van der Waals surface area contributed by atoms with E-state index in [4.69, 9.17) is 27.9 Å². The van der Waals surface area contributed by atoms with Crippen LogP contribution in [0.15, 0.2) is 48.5 Å². The van der Waals surface area contributed by atoms with Crippen LogP contribution in [0.3, 0.4) is 0 Å². The maximum absolute atomic E-state index is 12.9. The van der Waals surface area contributed by atoms with Crippen LogP contribution in [0, 0.1) is 13.8 Å². The molecular formula is C25H22Cl2F3N3O3. The molecule has 1 heterocycles. The van der Waals surface area contributed by atoms with Crippen molar-refractivity contribution in [1.29, 1.82) is 0 Å². The second-order valence-electron chi connectivity index (χ2n) is 7.92. The minimum atomic E-state index is -4.55. The Labute approximate surface area is 215 Å².